The van der Waals surface area contributed by atoms with Crippen LogP contribution in [0.3, 0.4) is 0 Å². The summed E-state index contributed by atoms with van der Waals surface area (Å²) < 4.78 is 24.5. The highest BCUT2D eigenvalue weighted by Crippen LogP contribution is 2.25. The zero-order chi connectivity index (χ0) is 16.4. The maximum atomic E-state index is 12.2. The molecule has 0 atom stereocenters. The maximum absolute atomic E-state index is 12.2. The Morgan fingerprint density at radius 1 is 1.22 bits per heavy atom. The van der Waals surface area contributed by atoms with Crippen LogP contribution >= 0.6 is 11.3 Å². The molecular weight excluding hydrogens is 338 g/mol. The second kappa shape index (κ2) is 6.11. The normalized spacial score (nSPS) is 14.0. The van der Waals surface area contributed by atoms with Crippen LogP contribution in [0.15, 0.2) is 40.6 Å². The molecule has 120 valence electrons. The Morgan fingerprint density at radius 3 is 2.78 bits per heavy atom. The van der Waals surface area contributed by atoms with Gasteiger partial charge < -0.3 is 5.32 Å². The fourth-order valence-corrected chi connectivity index (χ4v) is 3.68. The van der Waals surface area contributed by atoms with Crippen molar-refractivity contribution in [2.75, 3.05) is 5.32 Å². The quantitative estimate of drug-likeness (QED) is 0.721. The number of fused-ring (bicyclic) bond motifs is 1. The highest BCUT2D eigenvalue weighted by atomic mass is 32.2. The number of anilines is 1. The van der Waals surface area contributed by atoms with E-state index in [2.05, 4.69) is 15.6 Å². The molecule has 0 spiro atoms. The lowest BCUT2D eigenvalue weighted by molar-refractivity contribution is -0.116. The minimum absolute atomic E-state index is 0.0267. The topological polar surface area (TPSA) is 104 Å². The monoisotopic (exact) mass is 351 g/mol. The predicted molar refractivity (Wildman–Crippen MR) is 85.5 cm³/mol. The van der Waals surface area contributed by atoms with Crippen LogP contribution in [-0.2, 0) is 21.2 Å². The second-order valence-electron chi connectivity index (χ2n) is 4.90. The van der Waals surface area contributed by atoms with Crippen LogP contribution < -0.4 is 15.6 Å². The minimum Gasteiger partial charge on any atom is -0.326 e. The van der Waals surface area contributed by atoms with Gasteiger partial charge in [-0.3, -0.25) is 15.0 Å². The van der Waals surface area contributed by atoms with Crippen LogP contribution in [-0.4, -0.2) is 20.2 Å². The third kappa shape index (κ3) is 3.41. The fraction of sp³-hybridized carbons (Fsp3) is 0.143. The lowest BCUT2D eigenvalue weighted by Gasteiger charge is -2.17. The summed E-state index contributed by atoms with van der Waals surface area (Å²) in [6, 6.07) is 7.71. The van der Waals surface area contributed by atoms with E-state index in [1.54, 1.807) is 23.6 Å². The van der Waals surface area contributed by atoms with Gasteiger partial charge in [-0.05, 0) is 41.6 Å². The van der Waals surface area contributed by atoms with Crippen molar-refractivity contribution in [3.8, 4) is 0 Å². The number of carbonyl (C=O) groups excluding carboxylic acids is 2. The fourth-order valence-electron chi connectivity index (χ4n) is 2.17. The molecule has 0 radical (unpaired) electrons. The van der Waals surface area contributed by atoms with Crippen LogP contribution in [0, 0.1) is 0 Å². The van der Waals surface area contributed by atoms with Crippen molar-refractivity contribution in [1.82, 2.24) is 10.3 Å². The predicted octanol–water partition coefficient (Wildman–Crippen LogP) is 1.26. The second-order valence-corrected chi connectivity index (χ2v) is 7.53. The minimum atomic E-state index is -3.88. The first-order chi connectivity index (χ1) is 11.0. The molecule has 0 aliphatic carbocycles. The van der Waals surface area contributed by atoms with E-state index in [4.69, 9.17) is 0 Å². The lowest BCUT2D eigenvalue weighted by Crippen LogP contribution is -2.41. The van der Waals surface area contributed by atoms with Gasteiger partial charge >= 0.3 is 0 Å². The Bertz CT molecular complexity index is 860. The number of hydrogen-bond donors (Lipinski definition) is 3. The SMILES string of the molecule is O=C1CCc2cc(S(=O)(=O)NNC(=O)c3cccs3)ccc2N1. The number of rotatable bonds is 4. The summed E-state index contributed by atoms with van der Waals surface area (Å²) >= 11 is 1.21. The first kappa shape index (κ1) is 15.7. The number of aryl methyl sites for hydroxylation is 1. The molecule has 1 aliphatic heterocycles. The summed E-state index contributed by atoms with van der Waals surface area (Å²) in [5, 5.41) is 4.41. The zero-order valence-corrected chi connectivity index (χ0v) is 13.5. The van der Waals surface area contributed by atoms with Crippen molar-refractivity contribution in [2.45, 2.75) is 17.7 Å². The first-order valence-corrected chi connectivity index (χ1v) is 9.10. The van der Waals surface area contributed by atoms with E-state index >= 15 is 0 Å². The summed E-state index contributed by atoms with van der Waals surface area (Å²) in [5.74, 6) is -0.608. The molecule has 0 saturated heterocycles. The van der Waals surface area contributed by atoms with Gasteiger partial charge in [0.15, 0.2) is 0 Å². The molecule has 2 heterocycles. The Morgan fingerprint density at radius 2 is 2.04 bits per heavy atom. The van der Waals surface area contributed by atoms with Gasteiger partial charge in [0.1, 0.15) is 0 Å². The van der Waals surface area contributed by atoms with Crippen molar-refractivity contribution in [3.05, 3.63) is 46.2 Å². The van der Waals surface area contributed by atoms with Gasteiger partial charge in [0.25, 0.3) is 15.9 Å². The highest BCUT2D eigenvalue weighted by Gasteiger charge is 2.20. The third-order valence-electron chi connectivity index (χ3n) is 3.33. The molecule has 2 aromatic rings. The molecule has 1 aromatic carbocycles. The average Bonchev–Trinajstić information content (AvgIpc) is 3.06. The Labute approximate surface area is 136 Å². The summed E-state index contributed by atoms with van der Waals surface area (Å²) in [6.45, 7) is 0. The number of nitrogens with one attached hydrogen (secondary N) is 3. The molecule has 1 aromatic heterocycles. The largest absolute Gasteiger partial charge is 0.326 e. The number of thiophene rings is 1. The standard InChI is InChI=1S/C14H13N3O4S2/c18-13-6-3-9-8-10(4-5-11(9)15-13)23(20,21)17-16-14(19)12-2-1-7-22-12/h1-2,4-5,7-8,17H,3,6H2,(H,15,18)(H,16,19). The summed E-state index contributed by atoms with van der Waals surface area (Å²) in [6.07, 6.45) is 0.797. The third-order valence-corrected chi connectivity index (χ3v) is 5.44. The number of carbonyl (C=O) groups is 2. The Kier molecular flexibility index (Phi) is 4.16. The maximum Gasteiger partial charge on any atom is 0.276 e. The van der Waals surface area contributed by atoms with E-state index in [-0.39, 0.29) is 10.8 Å². The van der Waals surface area contributed by atoms with E-state index in [1.165, 1.54) is 23.5 Å². The first-order valence-electron chi connectivity index (χ1n) is 6.74. The van der Waals surface area contributed by atoms with Crippen molar-refractivity contribution in [3.63, 3.8) is 0 Å². The molecule has 3 N–H and O–H groups in total. The van der Waals surface area contributed by atoms with E-state index < -0.39 is 15.9 Å². The van der Waals surface area contributed by atoms with Crippen LogP contribution in [0.2, 0.25) is 0 Å². The molecule has 3 rings (SSSR count). The van der Waals surface area contributed by atoms with Crippen molar-refractivity contribution in [2.24, 2.45) is 0 Å². The van der Waals surface area contributed by atoms with Crippen LogP contribution in [0.1, 0.15) is 21.7 Å². The van der Waals surface area contributed by atoms with Gasteiger partial charge in [-0.1, -0.05) is 6.07 Å². The number of sulfonamides is 1. The smallest absolute Gasteiger partial charge is 0.276 e. The number of hydrogen-bond acceptors (Lipinski definition) is 5. The molecule has 7 nitrogen and oxygen atoms in total. The number of amides is 2. The highest BCUT2D eigenvalue weighted by molar-refractivity contribution is 7.89. The lowest BCUT2D eigenvalue weighted by atomic mass is 10.0. The summed E-state index contributed by atoms with van der Waals surface area (Å²) in [4.78, 5) is 25.6. The van der Waals surface area contributed by atoms with E-state index in [0.29, 0.717) is 23.4 Å². The van der Waals surface area contributed by atoms with E-state index in [1.807, 2.05) is 0 Å². The zero-order valence-electron chi connectivity index (χ0n) is 11.8. The molecule has 0 fully saturated rings. The molecule has 2 amide bonds. The van der Waals surface area contributed by atoms with Gasteiger partial charge in [0.05, 0.1) is 9.77 Å². The van der Waals surface area contributed by atoms with E-state index in [9.17, 15) is 18.0 Å². The number of benzene rings is 1. The molecule has 0 saturated carbocycles. The van der Waals surface area contributed by atoms with Gasteiger partial charge in [0, 0.05) is 12.1 Å². The van der Waals surface area contributed by atoms with Crippen molar-refractivity contribution in [1.29, 1.82) is 0 Å². The van der Waals surface area contributed by atoms with Crippen LogP contribution in [0.5, 0.6) is 0 Å². The van der Waals surface area contributed by atoms with Crippen LogP contribution in [0.4, 0.5) is 5.69 Å². The molecule has 23 heavy (non-hydrogen) atoms. The summed E-state index contributed by atoms with van der Waals surface area (Å²) in [7, 11) is -3.88. The Hall–Kier alpha value is -2.23. The molecule has 1 aliphatic rings. The van der Waals surface area contributed by atoms with Gasteiger partial charge in [0.2, 0.25) is 5.91 Å². The molecule has 9 heteroatoms. The van der Waals surface area contributed by atoms with Crippen LogP contribution in [0.25, 0.3) is 0 Å². The van der Waals surface area contributed by atoms with Crippen molar-refractivity contribution >= 4 is 38.9 Å². The van der Waals surface area contributed by atoms with Gasteiger partial charge in [-0.25, -0.2) is 8.42 Å². The number of hydrazine groups is 1. The average molecular weight is 351 g/mol. The van der Waals surface area contributed by atoms with Gasteiger partial charge in [-0.15, -0.1) is 16.2 Å². The van der Waals surface area contributed by atoms with Crippen molar-refractivity contribution < 1.29 is 18.0 Å². The molecule has 0 unspecified atom stereocenters. The van der Waals surface area contributed by atoms with E-state index in [0.717, 1.165) is 5.56 Å². The summed E-state index contributed by atoms with van der Waals surface area (Å²) in [5.41, 5.74) is 3.54. The molecular formula is C14H13N3O4S2. The van der Waals surface area contributed by atoms with Gasteiger partial charge in [-0.2, -0.15) is 0 Å². The molecule has 0 bridgehead atoms. The Balaban J connectivity index is 1.75.